The SMILES string of the molecule is Cc1nc(-c2ccc(Br)cc2)c(C(=O)O)n1C. The molecule has 0 atom stereocenters. The zero-order valence-electron chi connectivity index (χ0n) is 9.44. The maximum absolute atomic E-state index is 11.2. The zero-order valence-corrected chi connectivity index (χ0v) is 11.0. The molecule has 17 heavy (non-hydrogen) atoms. The van der Waals surface area contributed by atoms with Crippen LogP contribution in [0, 0.1) is 6.92 Å². The maximum atomic E-state index is 11.2. The molecular weight excluding hydrogens is 284 g/mol. The standard InChI is InChI=1S/C12H11BrN2O2/c1-7-14-10(11(12(16)17)15(7)2)8-3-5-9(13)6-4-8/h3-6H,1-2H3,(H,16,17). The highest BCUT2D eigenvalue weighted by molar-refractivity contribution is 9.10. The Balaban J connectivity index is 2.63. The average Bonchev–Trinajstić information content (AvgIpc) is 2.56. The highest BCUT2D eigenvalue weighted by atomic mass is 79.9. The molecule has 0 amide bonds. The molecule has 0 unspecified atom stereocenters. The van der Waals surface area contributed by atoms with Crippen LogP contribution >= 0.6 is 15.9 Å². The molecule has 2 aromatic rings. The van der Waals surface area contributed by atoms with Crippen molar-refractivity contribution in [2.24, 2.45) is 7.05 Å². The van der Waals surface area contributed by atoms with Crippen molar-refractivity contribution in [2.75, 3.05) is 0 Å². The Hall–Kier alpha value is -1.62. The molecule has 0 fully saturated rings. The van der Waals surface area contributed by atoms with Gasteiger partial charge in [0.2, 0.25) is 0 Å². The van der Waals surface area contributed by atoms with Crippen molar-refractivity contribution >= 4 is 21.9 Å². The quantitative estimate of drug-likeness (QED) is 0.927. The summed E-state index contributed by atoms with van der Waals surface area (Å²) in [4.78, 5) is 15.5. The number of carboxylic acids is 1. The maximum Gasteiger partial charge on any atom is 0.354 e. The predicted octanol–water partition coefficient (Wildman–Crippen LogP) is 2.86. The molecule has 5 heteroatoms. The molecule has 1 heterocycles. The molecule has 1 aromatic heterocycles. The van der Waals surface area contributed by atoms with Crippen LogP contribution in [-0.2, 0) is 7.05 Å². The molecule has 0 saturated carbocycles. The van der Waals surface area contributed by atoms with Gasteiger partial charge >= 0.3 is 5.97 Å². The minimum absolute atomic E-state index is 0.213. The number of halogens is 1. The minimum atomic E-state index is -0.967. The molecule has 0 saturated heterocycles. The van der Waals surface area contributed by atoms with Gasteiger partial charge in [-0.25, -0.2) is 9.78 Å². The third-order valence-electron chi connectivity index (χ3n) is 2.64. The van der Waals surface area contributed by atoms with Crippen molar-refractivity contribution < 1.29 is 9.90 Å². The molecule has 0 spiro atoms. The van der Waals surface area contributed by atoms with Crippen LogP contribution in [0.1, 0.15) is 16.3 Å². The summed E-state index contributed by atoms with van der Waals surface area (Å²) in [7, 11) is 1.70. The van der Waals surface area contributed by atoms with E-state index in [0.717, 1.165) is 10.0 Å². The van der Waals surface area contributed by atoms with E-state index in [1.54, 1.807) is 18.5 Å². The van der Waals surface area contributed by atoms with Crippen LogP contribution < -0.4 is 0 Å². The second-order valence-electron chi connectivity index (χ2n) is 3.73. The molecule has 0 radical (unpaired) electrons. The number of aryl methyl sites for hydroxylation is 1. The first-order valence-electron chi connectivity index (χ1n) is 5.03. The number of aromatic carboxylic acids is 1. The van der Waals surface area contributed by atoms with Crippen LogP contribution in [0.25, 0.3) is 11.3 Å². The molecule has 2 rings (SSSR count). The van der Waals surface area contributed by atoms with Crippen molar-refractivity contribution in [1.29, 1.82) is 0 Å². The lowest BCUT2D eigenvalue weighted by molar-refractivity contribution is 0.0687. The van der Waals surface area contributed by atoms with E-state index in [2.05, 4.69) is 20.9 Å². The summed E-state index contributed by atoms with van der Waals surface area (Å²) in [6, 6.07) is 7.42. The second kappa shape index (κ2) is 4.33. The molecule has 0 bridgehead atoms. The van der Waals surface area contributed by atoms with Gasteiger partial charge in [-0.05, 0) is 19.1 Å². The third kappa shape index (κ3) is 2.10. The second-order valence-corrected chi connectivity index (χ2v) is 4.64. The van der Waals surface area contributed by atoms with Crippen molar-refractivity contribution in [3.8, 4) is 11.3 Å². The fourth-order valence-electron chi connectivity index (χ4n) is 1.66. The Labute approximate surface area is 107 Å². The highest BCUT2D eigenvalue weighted by Gasteiger charge is 2.19. The summed E-state index contributed by atoms with van der Waals surface area (Å²) in [5.74, 6) is -0.286. The first kappa shape index (κ1) is 11.9. The Kier molecular flexibility index (Phi) is 3.02. The van der Waals surface area contributed by atoms with E-state index in [1.807, 2.05) is 24.3 Å². The van der Waals surface area contributed by atoms with Gasteiger partial charge in [0.15, 0.2) is 5.69 Å². The van der Waals surface area contributed by atoms with Crippen LogP contribution in [0.4, 0.5) is 0 Å². The highest BCUT2D eigenvalue weighted by Crippen LogP contribution is 2.25. The average molecular weight is 295 g/mol. The summed E-state index contributed by atoms with van der Waals surface area (Å²) in [5, 5.41) is 9.21. The van der Waals surface area contributed by atoms with Gasteiger partial charge in [-0.2, -0.15) is 0 Å². The number of carbonyl (C=O) groups is 1. The Morgan fingerprint density at radius 1 is 1.35 bits per heavy atom. The Morgan fingerprint density at radius 3 is 2.47 bits per heavy atom. The van der Waals surface area contributed by atoms with Crippen LogP contribution in [0.3, 0.4) is 0 Å². The lowest BCUT2D eigenvalue weighted by Gasteiger charge is -2.01. The number of nitrogens with zero attached hydrogens (tertiary/aromatic N) is 2. The monoisotopic (exact) mass is 294 g/mol. The van der Waals surface area contributed by atoms with E-state index in [-0.39, 0.29) is 5.69 Å². The van der Waals surface area contributed by atoms with Crippen LogP contribution in [0.15, 0.2) is 28.7 Å². The van der Waals surface area contributed by atoms with Gasteiger partial charge in [0.25, 0.3) is 0 Å². The molecule has 0 aliphatic carbocycles. The summed E-state index contributed by atoms with van der Waals surface area (Å²) in [6.07, 6.45) is 0. The predicted molar refractivity (Wildman–Crippen MR) is 68.0 cm³/mol. The lowest BCUT2D eigenvalue weighted by atomic mass is 10.1. The number of hydrogen-bond donors (Lipinski definition) is 1. The molecular formula is C12H11BrN2O2. The number of carboxylic acid groups (broad SMARTS) is 1. The summed E-state index contributed by atoms with van der Waals surface area (Å²) >= 11 is 3.34. The van der Waals surface area contributed by atoms with E-state index >= 15 is 0 Å². The smallest absolute Gasteiger partial charge is 0.354 e. The first-order valence-corrected chi connectivity index (χ1v) is 5.82. The number of rotatable bonds is 2. The van der Waals surface area contributed by atoms with Crippen LogP contribution in [0.2, 0.25) is 0 Å². The largest absolute Gasteiger partial charge is 0.477 e. The molecule has 88 valence electrons. The van der Waals surface area contributed by atoms with Gasteiger partial charge in [-0.1, -0.05) is 28.1 Å². The van der Waals surface area contributed by atoms with E-state index < -0.39 is 5.97 Å². The topological polar surface area (TPSA) is 55.1 Å². The normalized spacial score (nSPS) is 10.5. The van der Waals surface area contributed by atoms with Crippen molar-refractivity contribution in [3.63, 3.8) is 0 Å². The van der Waals surface area contributed by atoms with Gasteiger partial charge in [0.1, 0.15) is 11.5 Å². The minimum Gasteiger partial charge on any atom is -0.477 e. The van der Waals surface area contributed by atoms with Gasteiger partial charge < -0.3 is 9.67 Å². The van der Waals surface area contributed by atoms with Crippen molar-refractivity contribution in [2.45, 2.75) is 6.92 Å². The zero-order chi connectivity index (χ0) is 12.6. The van der Waals surface area contributed by atoms with Gasteiger partial charge in [-0.3, -0.25) is 0 Å². The lowest BCUT2D eigenvalue weighted by Crippen LogP contribution is -2.06. The fraction of sp³-hybridized carbons (Fsp3) is 0.167. The van der Waals surface area contributed by atoms with E-state index in [4.69, 9.17) is 0 Å². The van der Waals surface area contributed by atoms with E-state index in [0.29, 0.717) is 11.5 Å². The van der Waals surface area contributed by atoms with Gasteiger partial charge in [0.05, 0.1) is 0 Å². The number of imidazole rings is 1. The number of hydrogen-bond acceptors (Lipinski definition) is 2. The molecule has 0 aliphatic rings. The molecule has 1 aromatic carbocycles. The summed E-state index contributed by atoms with van der Waals surface area (Å²) in [5.41, 5.74) is 1.52. The number of aromatic nitrogens is 2. The van der Waals surface area contributed by atoms with Crippen LogP contribution in [0.5, 0.6) is 0 Å². The molecule has 4 nitrogen and oxygen atoms in total. The van der Waals surface area contributed by atoms with Gasteiger partial charge in [-0.15, -0.1) is 0 Å². The molecule has 1 N–H and O–H groups in total. The van der Waals surface area contributed by atoms with Crippen LogP contribution in [-0.4, -0.2) is 20.6 Å². The first-order chi connectivity index (χ1) is 8.00. The fourth-order valence-corrected chi connectivity index (χ4v) is 1.93. The third-order valence-corrected chi connectivity index (χ3v) is 3.17. The van der Waals surface area contributed by atoms with E-state index in [1.165, 1.54) is 0 Å². The van der Waals surface area contributed by atoms with Gasteiger partial charge in [0, 0.05) is 17.1 Å². The molecule has 0 aliphatic heterocycles. The summed E-state index contributed by atoms with van der Waals surface area (Å²) < 4.78 is 2.53. The Morgan fingerprint density at radius 2 is 1.94 bits per heavy atom. The van der Waals surface area contributed by atoms with Crippen molar-refractivity contribution in [1.82, 2.24) is 9.55 Å². The summed E-state index contributed by atoms with van der Waals surface area (Å²) in [6.45, 7) is 1.79. The number of benzene rings is 1. The Bertz CT molecular complexity index is 573. The van der Waals surface area contributed by atoms with E-state index in [9.17, 15) is 9.90 Å². The van der Waals surface area contributed by atoms with Crippen molar-refractivity contribution in [3.05, 3.63) is 40.3 Å².